The van der Waals surface area contributed by atoms with E-state index in [9.17, 15) is 17.2 Å². The van der Waals surface area contributed by atoms with Crippen LogP contribution in [0.25, 0.3) is 0 Å². The summed E-state index contributed by atoms with van der Waals surface area (Å²) in [6.45, 7) is 3.75. The highest BCUT2D eigenvalue weighted by Gasteiger charge is 2.22. The zero-order chi connectivity index (χ0) is 22.1. The van der Waals surface area contributed by atoms with Gasteiger partial charge in [-0.1, -0.05) is 35.4 Å². The van der Waals surface area contributed by atoms with Crippen molar-refractivity contribution in [2.75, 3.05) is 9.03 Å². The molecule has 3 aromatic carbocycles. The van der Waals surface area contributed by atoms with E-state index >= 15 is 0 Å². The lowest BCUT2D eigenvalue weighted by molar-refractivity contribution is 0.537. The molecule has 1 unspecified atom stereocenters. The number of aryl methyl sites for hydroxylation is 2. The molecule has 1 N–H and O–H groups in total. The minimum absolute atomic E-state index is 0.0724. The molecule has 0 aromatic heterocycles. The average molecular weight is 573 g/mol. The van der Waals surface area contributed by atoms with Gasteiger partial charge in [0.05, 0.1) is 33.2 Å². The summed E-state index contributed by atoms with van der Waals surface area (Å²) in [5, 5.41) is 0. The Morgan fingerprint density at radius 3 is 1.93 bits per heavy atom. The van der Waals surface area contributed by atoms with Crippen molar-refractivity contribution in [1.82, 2.24) is 0 Å². The first-order valence-electron chi connectivity index (χ1n) is 8.63. The molecule has 3 rings (SSSR count). The van der Waals surface area contributed by atoms with Crippen molar-refractivity contribution in [3.63, 3.8) is 0 Å². The van der Waals surface area contributed by atoms with Crippen LogP contribution in [0.1, 0.15) is 11.1 Å². The van der Waals surface area contributed by atoms with E-state index in [0.717, 1.165) is 15.4 Å². The summed E-state index contributed by atoms with van der Waals surface area (Å²) in [6, 6.07) is 16.3. The molecule has 0 aliphatic carbocycles. The van der Waals surface area contributed by atoms with Crippen molar-refractivity contribution in [3.8, 4) is 0 Å². The normalized spacial score (nSPS) is 12.4. The predicted molar refractivity (Wildman–Crippen MR) is 126 cm³/mol. The Morgan fingerprint density at radius 2 is 1.40 bits per heavy atom. The molecule has 0 spiro atoms. The van der Waals surface area contributed by atoms with E-state index in [2.05, 4.69) is 36.6 Å². The number of nitrogens with zero attached hydrogens (tertiary/aromatic N) is 1. The summed E-state index contributed by atoms with van der Waals surface area (Å²) in [4.78, 5) is 0.0724. The lowest BCUT2D eigenvalue weighted by atomic mass is 10.2. The Bertz CT molecular complexity index is 1200. The second kappa shape index (κ2) is 9.19. The highest BCUT2D eigenvalue weighted by Crippen LogP contribution is 2.40. The second-order valence-electron chi connectivity index (χ2n) is 6.55. The first-order valence-corrected chi connectivity index (χ1v) is 12.7. The van der Waals surface area contributed by atoms with Gasteiger partial charge in [0.1, 0.15) is 0 Å². The standard InChI is InChI=1S/C20H18Br2N2O4S2/c1-13-3-7-15(8-4-13)24(29(25)26)20-12-18(22)17(21)11-19(20)23-30(27,28)16-9-5-14(2)6-10-16/h3-12,23H,1-2H3,(H,25,26)/p-1. The van der Waals surface area contributed by atoms with Gasteiger partial charge in [0.15, 0.2) is 0 Å². The van der Waals surface area contributed by atoms with E-state index in [0.29, 0.717) is 14.6 Å². The van der Waals surface area contributed by atoms with Crippen molar-refractivity contribution in [1.29, 1.82) is 0 Å². The fourth-order valence-corrected chi connectivity index (χ4v) is 5.04. The van der Waals surface area contributed by atoms with Crippen LogP contribution >= 0.6 is 31.9 Å². The van der Waals surface area contributed by atoms with E-state index in [-0.39, 0.29) is 16.3 Å². The maximum absolute atomic E-state index is 12.9. The van der Waals surface area contributed by atoms with E-state index in [1.54, 1.807) is 36.4 Å². The Labute approximate surface area is 195 Å². The molecule has 0 aliphatic heterocycles. The number of benzene rings is 3. The quantitative estimate of drug-likeness (QED) is 0.391. The average Bonchev–Trinajstić information content (AvgIpc) is 2.67. The molecule has 0 bridgehead atoms. The molecule has 0 aliphatic rings. The van der Waals surface area contributed by atoms with E-state index in [4.69, 9.17) is 0 Å². The molecular weight excluding hydrogens is 556 g/mol. The summed E-state index contributed by atoms with van der Waals surface area (Å²) in [6.07, 6.45) is 0. The van der Waals surface area contributed by atoms with Gasteiger partial charge in [0.2, 0.25) is 0 Å². The number of hydrogen-bond donors (Lipinski definition) is 1. The van der Waals surface area contributed by atoms with Crippen LogP contribution in [0.4, 0.5) is 17.1 Å². The lowest BCUT2D eigenvalue weighted by Crippen LogP contribution is -2.22. The van der Waals surface area contributed by atoms with E-state index < -0.39 is 21.3 Å². The third kappa shape index (κ3) is 5.12. The van der Waals surface area contributed by atoms with E-state index in [1.807, 2.05) is 13.8 Å². The van der Waals surface area contributed by atoms with Crippen LogP contribution in [0.15, 0.2) is 74.5 Å². The van der Waals surface area contributed by atoms with Gasteiger partial charge in [0.25, 0.3) is 10.0 Å². The second-order valence-corrected chi connectivity index (χ2v) is 10.7. The molecule has 6 nitrogen and oxygen atoms in total. The van der Waals surface area contributed by atoms with Gasteiger partial charge in [-0.3, -0.25) is 13.2 Å². The minimum atomic E-state index is -3.94. The SMILES string of the molecule is Cc1ccc(N(c2cc(Br)c(Br)cc2NS(=O)(=O)c2ccc(C)cc2)S(=O)[O-])cc1. The molecular formula is C20H17Br2N2O4S2-. The van der Waals surface area contributed by atoms with Crippen LogP contribution < -0.4 is 9.03 Å². The molecule has 10 heteroatoms. The maximum Gasteiger partial charge on any atom is 0.261 e. The number of rotatable bonds is 6. The summed E-state index contributed by atoms with van der Waals surface area (Å²) in [7, 11) is -3.94. The van der Waals surface area contributed by atoms with Gasteiger partial charge in [0, 0.05) is 8.95 Å². The monoisotopic (exact) mass is 571 g/mol. The largest absolute Gasteiger partial charge is 0.755 e. The summed E-state index contributed by atoms with van der Waals surface area (Å²) < 4.78 is 54.8. The Kier molecular flexibility index (Phi) is 7.03. The third-order valence-electron chi connectivity index (χ3n) is 4.25. The van der Waals surface area contributed by atoms with Crippen molar-refractivity contribution in [3.05, 3.63) is 80.7 Å². The predicted octanol–water partition coefficient (Wildman–Crippen LogP) is 5.56. The fourth-order valence-electron chi connectivity index (χ4n) is 2.69. The van der Waals surface area contributed by atoms with Gasteiger partial charge in [-0.25, -0.2) is 8.42 Å². The highest BCUT2D eigenvalue weighted by atomic mass is 79.9. The van der Waals surface area contributed by atoms with Crippen LogP contribution in [0, 0.1) is 13.8 Å². The van der Waals surface area contributed by atoms with Crippen molar-refractivity contribution in [2.24, 2.45) is 0 Å². The zero-order valence-corrected chi connectivity index (χ0v) is 20.7. The molecule has 1 atom stereocenters. The van der Waals surface area contributed by atoms with Crippen molar-refractivity contribution >= 4 is 70.2 Å². The molecule has 0 fully saturated rings. The van der Waals surface area contributed by atoms with Gasteiger partial charge < -0.3 is 4.55 Å². The molecule has 30 heavy (non-hydrogen) atoms. The molecule has 0 radical (unpaired) electrons. The van der Waals surface area contributed by atoms with Crippen LogP contribution in [0.2, 0.25) is 0 Å². The van der Waals surface area contributed by atoms with Crippen molar-refractivity contribution < 1.29 is 17.2 Å². The molecule has 0 amide bonds. The molecule has 3 aromatic rings. The van der Waals surface area contributed by atoms with Gasteiger partial charge >= 0.3 is 0 Å². The third-order valence-corrected chi connectivity index (χ3v) is 8.18. The first-order chi connectivity index (χ1) is 14.1. The number of anilines is 3. The summed E-state index contributed by atoms with van der Waals surface area (Å²) >= 11 is 4.01. The fraction of sp³-hybridized carbons (Fsp3) is 0.100. The van der Waals surface area contributed by atoms with Crippen molar-refractivity contribution in [2.45, 2.75) is 18.7 Å². The number of halogens is 2. The van der Waals surface area contributed by atoms with Crippen LogP contribution in [-0.2, 0) is 21.3 Å². The summed E-state index contributed by atoms with van der Waals surface area (Å²) in [5.41, 5.74) is 2.52. The number of sulfonamides is 1. The molecule has 0 heterocycles. The van der Waals surface area contributed by atoms with E-state index in [1.165, 1.54) is 24.3 Å². The van der Waals surface area contributed by atoms with Gasteiger partial charge in [-0.2, -0.15) is 0 Å². The number of nitrogens with one attached hydrogen (secondary N) is 1. The number of hydrogen-bond acceptors (Lipinski definition) is 4. The lowest BCUT2D eigenvalue weighted by Gasteiger charge is -2.29. The van der Waals surface area contributed by atoms with Gasteiger partial charge in [-0.05, 0) is 82.1 Å². The molecule has 0 saturated heterocycles. The van der Waals surface area contributed by atoms with Crippen LogP contribution in [-0.4, -0.2) is 17.2 Å². The van der Waals surface area contributed by atoms with Gasteiger partial charge in [-0.15, -0.1) is 0 Å². The topological polar surface area (TPSA) is 89.5 Å². The maximum atomic E-state index is 12.9. The van der Waals surface area contributed by atoms with Crippen LogP contribution in [0.5, 0.6) is 0 Å². The Morgan fingerprint density at radius 1 is 0.900 bits per heavy atom. The minimum Gasteiger partial charge on any atom is -0.755 e. The Hall–Kier alpha value is -1.72. The summed E-state index contributed by atoms with van der Waals surface area (Å²) in [5.74, 6) is 0. The Balaban J connectivity index is 2.13. The molecule has 0 saturated carbocycles. The first kappa shape index (κ1) is 23.0. The highest BCUT2D eigenvalue weighted by molar-refractivity contribution is 9.13. The zero-order valence-electron chi connectivity index (χ0n) is 15.9. The van der Waals surface area contributed by atoms with Crippen LogP contribution in [0.3, 0.4) is 0 Å². The smallest absolute Gasteiger partial charge is 0.261 e. The molecule has 158 valence electrons.